The van der Waals surface area contributed by atoms with Crippen molar-refractivity contribution in [2.75, 3.05) is 12.8 Å². The minimum Gasteiger partial charge on any atom is -0.495 e. The summed E-state index contributed by atoms with van der Waals surface area (Å²) in [7, 11) is 1.57. The van der Waals surface area contributed by atoms with E-state index in [4.69, 9.17) is 10.5 Å². The second-order valence-corrected chi connectivity index (χ2v) is 5.30. The van der Waals surface area contributed by atoms with E-state index in [0.717, 1.165) is 12.8 Å². The molecule has 2 N–H and O–H groups in total. The van der Waals surface area contributed by atoms with Crippen molar-refractivity contribution in [1.29, 1.82) is 0 Å². The predicted octanol–water partition coefficient (Wildman–Crippen LogP) is 2.68. The van der Waals surface area contributed by atoms with Gasteiger partial charge in [-0.2, -0.15) is 0 Å². The van der Waals surface area contributed by atoms with Crippen molar-refractivity contribution < 1.29 is 9.53 Å². The minimum atomic E-state index is 0.0639. The minimum absolute atomic E-state index is 0.0639. The average molecular weight is 262 g/mol. The zero-order valence-corrected chi connectivity index (χ0v) is 11.8. The number of likely N-dealkylation sites (tertiary alicyclic amines) is 1. The van der Waals surface area contributed by atoms with Gasteiger partial charge >= 0.3 is 0 Å². The van der Waals surface area contributed by atoms with Crippen LogP contribution in [-0.2, 0) is 0 Å². The van der Waals surface area contributed by atoms with Crippen molar-refractivity contribution in [3.8, 4) is 5.75 Å². The normalized spacial score (nSPS) is 23.2. The molecule has 1 aliphatic heterocycles. The van der Waals surface area contributed by atoms with E-state index in [0.29, 0.717) is 29.1 Å². The number of rotatable bonds is 2. The van der Waals surface area contributed by atoms with E-state index in [9.17, 15) is 4.79 Å². The van der Waals surface area contributed by atoms with Gasteiger partial charge in [-0.1, -0.05) is 0 Å². The Morgan fingerprint density at radius 1 is 1.32 bits per heavy atom. The lowest BCUT2D eigenvalue weighted by molar-refractivity contribution is 0.0511. The predicted molar refractivity (Wildman–Crippen MR) is 76.4 cm³/mol. The van der Waals surface area contributed by atoms with Crippen LogP contribution in [0.2, 0.25) is 0 Å². The number of hydrogen-bond donors (Lipinski definition) is 1. The third-order valence-electron chi connectivity index (χ3n) is 3.90. The van der Waals surface area contributed by atoms with Crippen LogP contribution in [0.15, 0.2) is 18.2 Å². The molecule has 1 amide bonds. The molecular weight excluding hydrogens is 240 g/mol. The molecule has 4 nitrogen and oxygen atoms in total. The van der Waals surface area contributed by atoms with Crippen molar-refractivity contribution in [2.24, 2.45) is 0 Å². The fourth-order valence-corrected chi connectivity index (χ4v) is 2.84. The highest BCUT2D eigenvalue weighted by Gasteiger charge is 2.29. The first-order valence-electron chi connectivity index (χ1n) is 6.80. The summed E-state index contributed by atoms with van der Waals surface area (Å²) in [5.74, 6) is 0.672. The maximum atomic E-state index is 12.6. The Hall–Kier alpha value is -1.71. The van der Waals surface area contributed by atoms with Gasteiger partial charge in [0, 0.05) is 17.6 Å². The number of ether oxygens (including phenoxy) is 1. The van der Waals surface area contributed by atoms with Crippen molar-refractivity contribution in [3.05, 3.63) is 23.8 Å². The number of piperidine rings is 1. The van der Waals surface area contributed by atoms with Crippen LogP contribution < -0.4 is 10.5 Å². The molecule has 1 aliphatic rings. The number of nitrogens with two attached hydrogens (primary N) is 1. The maximum absolute atomic E-state index is 12.6. The molecule has 1 aromatic carbocycles. The van der Waals surface area contributed by atoms with Gasteiger partial charge in [-0.05, 0) is 51.3 Å². The third-order valence-corrected chi connectivity index (χ3v) is 3.90. The Morgan fingerprint density at radius 3 is 2.47 bits per heavy atom. The number of carbonyl (C=O) groups excluding carboxylic acids is 1. The summed E-state index contributed by atoms with van der Waals surface area (Å²) < 4.78 is 5.12. The summed E-state index contributed by atoms with van der Waals surface area (Å²) >= 11 is 0. The number of anilines is 1. The molecule has 2 atom stereocenters. The second-order valence-electron chi connectivity index (χ2n) is 5.30. The second kappa shape index (κ2) is 5.51. The van der Waals surface area contributed by atoms with Gasteiger partial charge in [0.2, 0.25) is 0 Å². The first-order chi connectivity index (χ1) is 9.04. The Morgan fingerprint density at radius 2 is 1.95 bits per heavy atom. The van der Waals surface area contributed by atoms with Gasteiger partial charge in [-0.3, -0.25) is 4.79 Å². The molecule has 0 radical (unpaired) electrons. The lowest BCUT2D eigenvalue weighted by Crippen LogP contribution is -2.47. The number of nitrogen functional groups attached to an aromatic ring is 1. The van der Waals surface area contributed by atoms with Crippen molar-refractivity contribution >= 4 is 11.6 Å². The molecule has 0 bridgehead atoms. The number of nitrogens with zero attached hydrogens (tertiary/aromatic N) is 1. The van der Waals surface area contributed by atoms with E-state index in [-0.39, 0.29) is 5.91 Å². The first kappa shape index (κ1) is 13.7. The molecular formula is C15H22N2O2. The van der Waals surface area contributed by atoms with Gasteiger partial charge in [-0.25, -0.2) is 0 Å². The van der Waals surface area contributed by atoms with Gasteiger partial charge in [0.05, 0.1) is 12.8 Å². The lowest BCUT2D eigenvalue weighted by atomic mass is 9.96. The molecule has 1 aromatic rings. The summed E-state index contributed by atoms with van der Waals surface area (Å²) in [5.41, 5.74) is 7.02. The molecule has 104 valence electrons. The van der Waals surface area contributed by atoms with Crippen LogP contribution in [0.25, 0.3) is 0 Å². The number of amides is 1. The van der Waals surface area contributed by atoms with Gasteiger partial charge in [0.15, 0.2) is 0 Å². The van der Waals surface area contributed by atoms with Crippen LogP contribution in [0.3, 0.4) is 0 Å². The number of carbonyl (C=O) groups is 1. The molecule has 1 fully saturated rings. The fourth-order valence-electron chi connectivity index (χ4n) is 2.84. The monoisotopic (exact) mass is 262 g/mol. The largest absolute Gasteiger partial charge is 0.495 e. The van der Waals surface area contributed by atoms with Crippen LogP contribution in [0.4, 0.5) is 5.69 Å². The van der Waals surface area contributed by atoms with Crippen LogP contribution in [0.1, 0.15) is 43.5 Å². The van der Waals surface area contributed by atoms with Gasteiger partial charge in [-0.15, -0.1) is 0 Å². The van der Waals surface area contributed by atoms with Crippen LogP contribution in [0, 0.1) is 0 Å². The molecule has 1 saturated heterocycles. The highest BCUT2D eigenvalue weighted by atomic mass is 16.5. The highest BCUT2D eigenvalue weighted by Crippen LogP contribution is 2.27. The molecule has 2 unspecified atom stereocenters. The summed E-state index contributed by atoms with van der Waals surface area (Å²) in [6.45, 7) is 4.22. The zero-order valence-electron chi connectivity index (χ0n) is 11.8. The number of benzene rings is 1. The van der Waals surface area contributed by atoms with E-state index in [1.807, 2.05) is 4.90 Å². The molecule has 0 spiro atoms. The van der Waals surface area contributed by atoms with Crippen molar-refractivity contribution in [2.45, 2.75) is 45.2 Å². The Kier molecular flexibility index (Phi) is 3.98. The molecule has 2 rings (SSSR count). The summed E-state index contributed by atoms with van der Waals surface area (Å²) in [5, 5.41) is 0. The first-order valence-corrected chi connectivity index (χ1v) is 6.80. The smallest absolute Gasteiger partial charge is 0.254 e. The van der Waals surface area contributed by atoms with Crippen LogP contribution >= 0.6 is 0 Å². The molecule has 4 heteroatoms. The van der Waals surface area contributed by atoms with E-state index >= 15 is 0 Å². The van der Waals surface area contributed by atoms with Crippen molar-refractivity contribution in [3.63, 3.8) is 0 Å². The van der Waals surface area contributed by atoms with Gasteiger partial charge < -0.3 is 15.4 Å². The van der Waals surface area contributed by atoms with Crippen molar-refractivity contribution in [1.82, 2.24) is 4.90 Å². The molecule has 0 aliphatic carbocycles. The van der Waals surface area contributed by atoms with Crippen LogP contribution in [-0.4, -0.2) is 30.0 Å². The average Bonchev–Trinajstić information content (AvgIpc) is 2.38. The Bertz CT molecular complexity index is 463. The van der Waals surface area contributed by atoms with E-state index in [1.54, 1.807) is 25.3 Å². The fraction of sp³-hybridized carbons (Fsp3) is 0.533. The zero-order chi connectivity index (χ0) is 14.0. The Balaban J connectivity index is 2.25. The summed E-state index contributed by atoms with van der Waals surface area (Å²) in [6, 6.07) is 5.82. The Labute approximate surface area is 114 Å². The van der Waals surface area contributed by atoms with E-state index in [2.05, 4.69) is 13.8 Å². The van der Waals surface area contributed by atoms with Gasteiger partial charge in [0.1, 0.15) is 5.75 Å². The lowest BCUT2D eigenvalue weighted by Gasteiger charge is -2.39. The molecule has 19 heavy (non-hydrogen) atoms. The highest BCUT2D eigenvalue weighted by molar-refractivity contribution is 5.96. The SMILES string of the molecule is COc1ccc(C(=O)N2C(C)CCCC2C)cc1N. The van der Waals surface area contributed by atoms with Gasteiger partial charge in [0.25, 0.3) is 5.91 Å². The molecule has 0 aromatic heterocycles. The third kappa shape index (κ3) is 2.67. The van der Waals surface area contributed by atoms with E-state index in [1.165, 1.54) is 6.42 Å². The van der Waals surface area contributed by atoms with E-state index < -0.39 is 0 Å². The summed E-state index contributed by atoms with van der Waals surface area (Å²) in [6.07, 6.45) is 3.33. The maximum Gasteiger partial charge on any atom is 0.254 e. The number of methoxy groups -OCH3 is 1. The van der Waals surface area contributed by atoms with Crippen LogP contribution in [0.5, 0.6) is 5.75 Å². The molecule has 1 heterocycles. The molecule has 0 saturated carbocycles. The quantitative estimate of drug-likeness (QED) is 0.834. The topological polar surface area (TPSA) is 55.6 Å². The summed E-state index contributed by atoms with van der Waals surface area (Å²) in [4.78, 5) is 14.6. The standard InChI is InChI=1S/C15H22N2O2/c1-10-5-4-6-11(2)17(10)15(18)12-7-8-14(19-3)13(16)9-12/h7-11H,4-6,16H2,1-3H3. The number of hydrogen-bond acceptors (Lipinski definition) is 3.